The summed E-state index contributed by atoms with van der Waals surface area (Å²) in [4.78, 5) is 4.29. The van der Waals surface area contributed by atoms with Crippen LogP contribution >= 0.6 is 0 Å². The van der Waals surface area contributed by atoms with Crippen molar-refractivity contribution in [2.45, 2.75) is 26.3 Å². The highest BCUT2D eigenvalue weighted by molar-refractivity contribution is 5.67. The molecule has 0 fully saturated rings. The van der Waals surface area contributed by atoms with E-state index in [1.807, 2.05) is 12.3 Å². The van der Waals surface area contributed by atoms with Crippen molar-refractivity contribution in [2.24, 2.45) is 0 Å². The molecule has 4 heteroatoms. The molecular weight excluding hydrogens is 176 g/mol. The fraction of sp³-hybridized carbons (Fsp3) is 0.400. The first kappa shape index (κ1) is 8.99. The number of nitrogens with zero attached hydrogens (tertiary/aromatic N) is 3. The molecule has 0 amide bonds. The summed E-state index contributed by atoms with van der Waals surface area (Å²) in [5.41, 5.74) is 1.02. The second kappa shape index (κ2) is 2.97. The van der Waals surface area contributed by atoms with Crippen LogP contribution in [-0.2, 0) is 0 Å². The second-order valence-corrected chi connectivity index (χ2v) is 4.31. The molecule has 2 heterocycles. The highest BCUT2D eigenvalue weighted by atomic mass is 15.2. The number of fused-ring (bicyclic) bond motifs is 1. The lowest BCUT2D eigenvalue weighted by Gasteiger charge is -2.21. The van der Waals surface area contributed by atoms with Gasteiger partial charge in [0.1, 0.15) is 5.52 Å². The van der Waals surface area contributed by atoms with Crippen molar-refractivity contribution in [3.63, 3.8) is 0 Å². The zero-order chi connectivity index (χ0) is 10.2. The molecule has 0 aromatic carbocycles. The van der Waals surface area contributed by atoms with Crippen LogP contribution in [0.4, 0.5) is 5.82 Å². The highest BCUT2D eigenvalue weighted by Crippen LogP contribution is 2.17. The molecule has 0 aliphatic carbocycles. The van der Waals surface area contributed by atoms with E-state index in [0.29, 0.717) is 0 Å². The molecule has 4 nitrogen and oxygen atoms in total. The zero-order valence-corrected chi connectivity index (χ0v) is 8.65. The topological polar surface area (TPSA) is 42.2 Å². The molecule has 0 unspecified atom stereocenters. The van der Waals surface area contributed by atoms with E-state index in [1.165, 1.54) is 0 Å². The van der Waals surface area contributed by atoms with E-state index in [-0.39, 0.29) is 5.54 Å². The Labute approximate surface area is 83.0 Å². The largest absolute Gasteiger partial charge is 0.364 e. The molecule has 74 valence electrons. The molecule has 0 atom stereocenters. The van der Waals surface area contributed by atoms with Crippen LogP contribution < -0.4 is 5.32 Å². The van der Waals surface area contributed by atoms with Gasteiger partial charge in [-0.1, -0.05) is 0 Å². The Morgan fingerprint density at radius 3 is 2.79 bits per heavy atom. The summed E-state index contributed by atoms with van der Waals surface area (Å²) in [5, 5.41) is 7.48. The van der Waals surface area contributed by atoms with Gasteiger partial charge >= 0.3 is 0 Å². The molecule has 0 bridgehead atoms. The molecule has 1 N–H and O–H groups in total. The van der Waals surface area contributed by atoms with E-state index in [9.17, 15) is 0 Å². The van der Waals surface area contributed by atoms with Crippen molar-refractivity contribution >= 4 is 11.3 Å². The summed E-state index contributed by atoms with van der Waals surface area (Å²) >= 11 is 0. The van der Waals surface area contributed by atoms with Crippen molar-refractivity contribution in [3.8, 4) is 0 Å². The number of hydrogen-bond donors (Lipinski definition) is 1. The van der Waals surface area contributed by atoms with Gasteiger partial charge in [-0.3, -0.25) is 0 Å². The van der Waals surface area contributed by atoms with Crippen molar-refractivity contribution < 1.29 is 0 Å². The third-order valence-electron chi connectivity index (χ3n) is 1.82. The van der Waals surface area contributed by atoms with Crippen LogP contribution in [0.2, 0.25) is 0 Å². The van der Waals surface area contributed by atoms with Crippen molar-refractivity contribution in [1.29, 1.82) is 0 Å². The minimum atomic E-state index is 0.0130. The Morgan fingerprint density at radius 1 is 1.29 bits per heavy atom. The van der Waals surface area contributed by atoms with Crippen molar-refractivity contribution in [1.82, 2.24) is 14.6 Å². The van der Waals surface area contributed by atoms with Gasteiger partial charge in [0.2, 0.25) is 0 Å². The molecule has 0 aliphatic heterocycles. The normalized spacial score (nSPS) is 11.9. The van der Waals surface area contributed by atoms with Crippen LogP contribution in [0.25, 0.3) is 5.52 Å². The molecule has 2 rings (SSSR count). The summed E-state index contributed by atoms with van der Waals surface area (Å²) < 4.78 is 1.81. The predicted molar refractivity (Wildman–Crippen MR) is 56.4 cm³/mol. The average molecular weight is 190 g/mol. The quantitative estimate of drug-likeness (QED) is 0.747. The van der Waals surface area contributed by atoms with Crippen LogP contribution in [0.15, 0.2) is 24.7 Å². The molecule has 2 aromatic rings. The molecule has 0 saturated carbocycles. The van der Waals surface area contributed by atoms with Gasteiger partial charge in [0.15, 0.2) is 5.82 Å². The van der Waals surface area contributed by atoms with Gasteiger partial charge < -0.3 is 5.32 Å². The van der Waals surface area contributed by atoms with Gasteiger partial charge in [0.25, 0.3) is 0 Å². The third-order valence-corrected chi connectivity index (χ3v) is 1.82. The van der Waals surface area contributed by atoms with Crippen LogP contribution in [0.1, 0.15) is 20.8 Å². The monoisotopic (exact) mass is 190 g/mol. The molecule has 2 aromatic heterocycles. The minimum Gasteiger partial charge on any atom is -0.364 e. The van der Waals surface area contributed by atoms with E-state index in [0.717, 1.165) is 11.3 Å². The number of aromatic nitrogens is 3. The van der Waals surface area contributed by atoms with Gasteiger partial charge in [-0.25, -0.2) is 9.50 Å². The third kappa shape index (κ3) is 1.69. The van der Waals surface area contributed by atoms with Gasteiger partial charge in [0.05, 0.1) is 6.20 Å². The summed E-state index contributed by atoms with van der Waals surface area (Å²) in [6.45, 7) is 6.32. The van der Waals surface area contributed by atoms with Gasteiger partial charge in [-0.15, -0.1) is 0 Å². The Kier molecular flexibility index (Phi) is 1.91. The molecule has 0 radical (unpaired) electrons. The number of rotatable bonds is 1. The van der Waals surface area contributed by atoms with Gasteiger partial charge in [0, 0.05) is 17.9 Å². The molecular formula is C10H14N4. The minimum absolute atomic E-state index is 0.0130. The van der Waals surface area contributed by atoms with E-state index in [2.05, 4.69) is 36.2 Å². The Balaban J connectivity index is 2.46. The lowest BCUT2D eigenvalue weighted by Crippen LogP contribution is -2.27. The summed E-state index contributed by atoms with van der Waals surface area (Å²) in [5.74, 6) is 0.873. The predicted octanol–water partition coefficient (Wildman–Crippen LogP) is 1.94. The van der Waals surface area contributed by atoms with E-state index < -0.39 is 0 Å². The van der Waals surface area contributed by atoms with Crippen LogP contribution in [0.5, 0.6) is 0 Å². The van der Waals surface area contributed by atoms with E-state index in [1.54, 1.807) is 16.9 Å². The summed E-state index contributed by atoms with van der Waals surface area (Å²) in [6, 6.07) is 1.95. The Bertz CT molecular complexity index is 439. The number of nitrogens with one attached hydrogen (secondary N) is 1. The standard InChI is InChI=1S/C10H14N4/c1-10(2,3)13-9-8-4-5-12-14(8)7-6-11-9/h4-7H,1-3H3,(H,11,13). The van der Waals surface area contributed by atoms with Crippen LogP contribution in [0.3, 0.4) is 0 Å². The van der Waals surface area contributed by atoms with Crippen molar-refractivity contribution in [3.05, 3.63) is 24.7 Å². The number of hydrogen-bond acceptors (Lipinski definition) is 3. The molecule has 0 saturated heterocycles. The smallest absolute Gasteiger partial charge is 0.152 e. The van der Waals surface area contributed by atoms with Crippen molar-refractivity contribution in [2.75, 3.05) is 5.32 Å². The average Bonchev–Trinajstić information content (AvgIpc) is 2.49. The van der Waals surface area contributed by atoms with Crippen LogP contribution in [0, 0.1) is 0 Å². The van der Waals surface area contributed by atoms with Crippen LogP contribution in [-0.4, -0.2) is 20.1 Å². The first-order chi connectivity index (χ1) is 6.56. The molecule has 14 heavy (non-hydrogen) atoms. The SMILES string of the molecule is CC(C)(C)Nc1nccn2nccc12. The molecule has 0 spiro atoms. The lowest BCUT2D eigenvalue weighted by atomic mass is 10.1. The maximum atomic E-state index is 4.29. The number of anilines is 1. The fourth-order valence-electron chi connectivity index (χ4n) is 1.31. The zero-order valence-electron chi connectivity index (χ0n) is 8.65. The summed E-state index contributed by atoms with van der Waals surface area (Å²) in [7, 11) is 0. The molecule has 0 aliphatic rings. The Hall–Kier alpha value is -1.58. The first-order valence-electron chi connectivity index (χ1n) is 4.63. The lowest BCUT2D eigenvalue weighted by molar-refractivity contribution is 0.630. The van der Waals surface area contributed by atoms with Gasteiger partial charge in [-0.05, 0) is 26.8 Å². The van der Waals surface area contributed by atoms with E-state index in [4.69, 9.17) is 0 Å². The fourth-order valence-corrected chi connectivity index (χ4v) is 1.31. The maximum Gasteiger partial charge on any atom is 0.152 e. The summed E-state index contributed by atoms with van der Waals surface area (Å²) in [6.07, 6.45) is 5.35. The van der Waals surface area contributed by atoms with E-state index >= 15 is 0 Å². The second-order valence-electron chi connectivity index (χ2n) is 4.31. The highest BCUT2D eigenvalue weighted by Gasteiger charge is 2.12. The Morgan fingerprint density at radius 2 is 2.07 bits per heavy atom. The van der Waals surface area contributed by atoms with Gasteiger partial charge in [-0.2, -0.15) is 5.10 Å². The maximum absolute atomic E-state index is 4.29. The first-order valence-corrected chi connectivity index (χ1v) is 4.63.